The van der Waals surface area contributed by atoms with Gasteiger partial charge in [-0.3, -0.25) is 0 Å². The number of hydrogen-bond donors (Lipinski definition) is 0. The smallest absolute Gasteiger partial charge is 0.144 e. The van der Waals surface area contributed by atoms with E-state index in [-0.39, 0.29) is 0 Å². The van der Waals surface area contributed by atoms with Crippen LogP contribution in [0.25, 0.3) is 66.1 Å². The highest BCUT2D eigenvalue weighted by atomic mass is 16.3. The Morgan fingerprint density at radius 2 is 0.771 bits per heavy atom. The fourth-order valence-corrected chi connectivity index (χ4v) is 7.02. The van der Waals surface area contributed by atoms with Crippen molar-refractivity contribution < 1.29 is 4.42 Å². The van der Waals surface area contributed by atoms with Gasteiger partial charge in [-0.15, -0.1) is 0 Å². The molecule has 0 saturated heterocycles. The third-order valence-electron chi connectivity index (χ3n) is 9.26. The molecule has 2 heteroatoms. The zero-order chi connectivity index (χ0) is 31.9. The number of anilines is 3. The zero-order valence-electron chi connectivity index (χ0n) is 26.3. The maximum absolute atomic E-state index is 6.66. The molecule has 0 amide bonds. The lowest BCUT2D eigenvalue weighted by Gasteiger charge is -2.30. The lowest BCUT2D eigenvalue weighted by Crippen LogP contribution is -2.12. The van der Waals surface area contributed by atoms with Crippen molar-refractivity contribution in [1.29, 1.82) is 0 Å². The lowest BCUT2D eigenvalue weighted by atomic mass is 9.91. The minimum atomic E-state index is 0.890. The summed E-state index contributed by atoms with van der Waals surface area (Å²) in [5, 5.41) is 4.46. The standard InChI is InChI=1S/C46H31NO/c1-4-14-32(15-5-1)33-24-26-34(27-25-33)35-28-30-38(31-29-35)47(37-18-8-3-9-19-37)45-39-20-10-11-21-40(39)46-44(41-22-12-13-23-42(41)48-46)43(45)36-16-6-2-7-17-36/h1-31H. The molecule has 0 spiro atoms. The van der Waals surface area contributed by atoms with Gasteiger partial charge < -0.3 is 9.32 Å². The van der Waals surface area contributed by atoms with Gasteiger partial charge >= 0.3 is 0 Å². The maximum Gasteiger partial charge on any atom is 0.144 e. The SMILES string of the molecule is c1ccc(-c2ccc(-c3ccc(N(c4ccccc4)c4c(-c5ccccc5)c5c6ccccc6oc5c5ccccc45)cc3)cc2)cc1. The molecule has 0 atom stereocenters. The van der Waals surface area contributed by atoms with Gasteiger partial charge in [0.1, 0.15) is 11.2 Å². The van der Waals surface area contributed by atoms with Crippen molar-refractivity contribution in [3.05, 3.63) is 188 Å². The summed E-state index contributed by atoms with van der Waals surface area (Å²) in [6.07, 6.45) is 0. The van der Waals surface area contributed by atoms with E-state index in [0.29, 0.717) is 0 Å². The van der Waals surface area contributed by atoms with Crippen LogP contribution >= 0.6 is 0 Å². The molecule has 0 N–H and O–H groups in total. The summed E-state index contributed by atoms with van der Waals surface area (Å²) in [7, 11) is 0. The summed E-state index contributed by atoms with van der Waals surface area (Å²) in [4.78, 5) is 2.41. The van der Waals surface area contributed by atoms with Gasteiger partial charge in [0.05, 0.1) is 5.69 Å². The van der Waals surface area contributed by atoms with Crippen molar-refractivity contribution in [2.24, 2.45) is 0 Å². The molecule has 0 aliphatic carbocycles. The Morgan fingerprint density at radius 3 is 1.40 bits per heavy atom. The molecular formula is C46H31NO. The average Bonchev–Trinajstić information content (AvgIpc) is 3.56. The van der Waals surface area contributed by atoms with Gasteiger partial charge in [-0.2, -0.15) is 0 Å². The highest BCUT2D eigenvalue weighted by Crippen LogP contribution is 2.51. The lowest BCUT2D eigenvalue weighted by molar-refractivity contribution is 0.673. The number of furan rings is 1. The van der Waals surface area contributed by atoms with E-state index in [0.717, 1.165) is 60.9 Å². The van der Waals surface area contributed by atoms with Crippen LogP contribution in [0.2, 0.25) is 0 Å². The first-order valence-corrected chi connectivity index (χ1v) is 16.4. The molecule has 1 heterocycles. The second-order valence-electron chi connectivity index (χ2n) is 12.1. The van der Waals surface area contributed by atoms with Crippen LogP contribution in [0.1, 0.15) is 0 Å². The van der Waals surface area contributed by atoms with Gasteiger partial charge in [0.25, 0.3) is 0 Å². The molecule has 0 fully saturated rings. The highest BCUT2D eigenvalue weighted by molar-refractivity contribution is 6.27. The minimum absolute atomic E-state index is 0.890. The molecule has 0 aliphatic rings. The third kappa shape index (κ3) is 4.74. The Hall–Kier alpha value is -6.38. The second kappa shape index (κ2) is 11.8. The topological polar surface area (TPSA) is 16.4 Å². The van der Waals surface area contributed by atoms with Crippen LogP contribution in [0.15, 0.2) is 192 Å². The quantitative estimate of drug-likeness (QED) is 0.185. The molecule has 9 rings (SSSR count). The first-order chi connectivity index (χ1) is 23.8. The Labute approximate surface area is 279 Å². The van der Waals surface area contributed by atoms with Gasteiger partial charge in [-0.25, -0.2) is 0 Å². The summed E-state index contributed by atoms with van der Waals surface area (Å²) < 4.78 is 6.66. The fraction of sp³-hybridized carbons (Fsp3) is 0. The van der Waals surface area contributed by atoms with Gasteiger partial charge in [0.2, 0.25) is 0 Å². The largest absolute Gasteiger partial charge is 0.455 e. The number of fused-ring (bicyclic) bond motifs is 5. The van der Waals surface area contributed by atoms with E-state index in [1.807, 2.05) is 6.07 Å². The number of benzene rings is 8. The van der Waals surface area contributed by atoms with Crippen LogP contribution in [-0.4, -0.2) is 0 Å². The fourth-order valence-electron chi connectivity index (χ4n) is 7.02. The molecule has 9 aromatic rings. The number of hydrogen-bond acceptors (Lipinski definition) is 2. The van der Waals surface area contributed by atoms with Crippen LogP contribution < -0.4 is 4.90 Å². The predicted octanol–water partition coefficient (Wildman–Crippen LogP) is 13.2. The van der Waals surface area contributed by atoms with Gasteiger partial charge in [-0.05, 0) is 58.1 Å². The Kier molecular flexibility index (Phi) is 6.84. The van der Waals surface area contributed by atoms with E-state index in [1.54, 1.807) is 0 Å². The summed E-state index contributed by atoms with van der Waals surface area (Å²) in [5.41, 5.74) is 12.2. The van der Waals surface area contributed by atoms with Gasteiger partial charge in [0.15, 0.2) is 0 Å². The molecule has 2 nitrogen and oxygen atoms in total. The zero-order valence-corrected chi connectivity index (χ0v) is 26.3. The van der Waals surface area contributed by atoms with Crippen LogP contribution in [0, 0.1) is 0 Å². The molecule has 0 unspecified atom stereocenters. The van der Waals surface area contributed by atoms with Crippen molar-refractivity contribution in [3.8, 4) is 33.4 Å². The first kappa shape index (κ1) is 27.9. The van der Waals surface area contributed by atoms with Crippen LogP contribution in [0.4, 0.5) is 17.1 Å². The number of para-hydroxylation sites is 2. The summed E-state index contributed by atoms with van der Waals surface area (Å²) in [6, 6.07) is 66.8. The van der Waals surface area contributed by atoms with Crippen molar-refractivity contribution in [1.82, 2.24) is 0 Å². The predicted molar refractivity (Wildman–Crippen MR) is 202 cm³/mol. The summed E-state index contributed by atoms with van der Waals surface area (Å²) >= 11 is 0. The summed E-state index contributed by atoms with van der Waals surface area (Å²) in [5.74, 6) is 0. The van der Waals surface area contributed by atoms with Crippen molar-refractivity contribution in [3.63, 3.8) is 0 Å². The Balaban J connectivity index is 1.28. The van der Waals surface area contributed by atoms with Crippen LogP contribution in [0.5, 0.6) is 0 Å². The van der Waals surface area contributed by atoms with Crippen molar-refractivity contribution in [2.75, 3.05) is 4.90 Å². The molecule has 226 valence electrons. The van der Waals surface area contributed by atoms with E-state index in [1.165, 1.54) is 22.3 Å². The molecule has 0 bridgehead atoms. The Morgan fingerprint density at radius 1 is 0.333 bits per heavy atom. The maximum atomic E-state index is 6.66. The van der Waals surface area contributed by atoms with E-state index in [4.69, 9.17) is 4.42 Å². The van der Waals surface area contributed by atoms with Gasteiger partial charge in [-0.1, -0.05) is 158 Å². The molecule has 48 heavy (non-hydrogen) atoms. The van der Waals surface area contributed by atoms with E-state index >= 15 is 0 Å². The number of nitrogens with zero attached hydrogens (tertiary/aromatic N) is 1. The Bertz CT molecular complexity index is 2520. The summed E-state index contributed by atoms with van der Waals surface area (Å²) in [6.45, 7) is 0. The highest BCUT2D eigenvalue weighted by Gasteiger charge is 2.26. The van der Waals surface area contributed by atoms with E-state index in [2.05, 4.69) is 187 Å². The van der Waals surface area contributed by atoms with Crippen LogP contribution in [-0.2, 0) is 0 Å². The molecule has 8 aromatic carbocycles. The molecule has 1 aromatic heterocycles. The van der Waals surface area contributed by atoms with Crippen molar-refractivity contribution in [2.45, 2.75) is 0 Å². The molecule has 0 aliphatic heterocycles. The van der Waals surface area contributed by atoms with E-state index in [9.17, 15) is 0 Å². The monoisotopic (exact) mass is 613 g/mol. The normalized spacial score (nSPS) is 11.3. The number of rotatable bonds is 6. The molecule has 0 radical (unpaired) electrons. The van der Waals surface area contributed by atoms with E-state index < -0.39 is 0 Å². The van der Waals surface area contributed by atoms with Gasteiger partial charge in [0, 0.05) is 38.5 Å². The van der Waals surface area contributed by atoms with Crippen LogP contribution in [0.3, 0.4) is 0 Å². The average molecular weight is 614 g/mol. The first-order valence-electron chi connectivity index (χ1n) is 16.4. The van der Waals surface area contributed by atoms with Crippen molar-refractivity contribution >= 4 is 49.8 Å². The second-order valence-corrected chi connectivity index (χ2v) is 12.1. The minimum Gasteiger partial charge on any atom is -0.455 e. The molecular weight excluding hydrogens is 583 g/mol. The third-order valence-corrected chi connectivity index (χ3v) is 9.26. The molecule has 0 saturated carbocycles.